The summed E-state index contributed by atoms with van der Waals surface area (Å²) in [5.41, 5.74) is 9.24. The molecule has 58 heavy (non-hydrogen) atoms. The van der Waals surface area contributed by atoms with Crippen molar-refractivity contribution in [3.63, 3.8) is 0 Å². The van der Waals surface area contributed by atoms with Crippen LogP contribution in [0.5, 0.6) is 0 Å². The summed E-state index contributed by atoms with van der Waals surface area (Å²) >= 11 is 1.81. The van der Waals surface area contributed by atoms with Gasteiger partial charge in [-0.15, -0.1) is 11.3 Å². The zero-order valence-electron chi connectivity index (χ0n) is 30.7. The molecule has 0 fully saturated rings. The molecule has 6 nitrogen and oxygen atoms in total. The molecule has 0 N–H and O–H groups in total. The number of fused-ring (bicyclic) bond motifs is 12. The fourth-order valence-corrected chi connectivity index (χ4v) is 9.93. The number of para-hydroxylation sites is 2. The third-order valence-electron chi connectivity index (χ3n) is 11.5. The minimum atomic E-state index is 0.535. The van der Waals surface area contributed by atoms with Crippen molar-refractivity contribution in [1.29, 1.82) is 0 Å². The molecular weight excluding hydrogens is 733 g/mol. The van der Waals surface area contributed by atoms with E-state index >= 15 is 0 Å². The lowest BCUT2D eigenvalue weighted by Gasteiger charge is -2.11. The Kier molecular flexibility index (Phi) is 6.50. The van der Waals surface area contributed by atoms with Crippen LogP contribution in [0.25, 0.3) is 126 Å². The lowest BCUT2D eigenvalue weighted by molar-refractivity contribution is 0.668. The minimum absolute atomic E-state index is 0.535. The van der Waals surface area contributed by atoms with E-state index < -0.39 is 0 Å². The molecule has 0 atom stereocenters. The van der Waals surface area contributed by atoms with Gasteiger partial charge in [0.2, 0.25) is 5.95 Å². The van der Waals surface area contributed by atoms with Gasteiger partial charge in [-0.3, -0.25) is 4.57 Å². The highest BCUT2D eigenvalue weighted by Crippen LogP contribution is 2.42. The molecule has 0 spiro atoms. The number of rotatable bonds is 4. The average molecular weight is 761 g/mol. The van der Waals surface area contributed by atoms with Gasteiger partial charge in [-0.05, 0) is 71.8 Å². The van der Waals surface area contributed by atoms with Crippen LogP contribution in [0.3, 0.4) is 0 Å². The monoisotopic (exact) mass is 760 g/mol. The van der Waals surface area contributed by atoms with Crippen molar-refractivity contribution in [2.45, 2.75) is 0 Å². The maximum absolute atomic E-state index is 6.56. The standard InChI is InChI=1S/C51H28N4O2S/c1-2-11-29(12-3-1)32-16-10-19-43-48(32)37-24-22-31(26-45(37)57-43)50-52-49(30-21-23-35-34-14-5-8-18-42(34)56-44(35)25-30)53-51(54-50)55-40-17-7-4-13-33(40)38-27-39-36-15-6-9-20-46(36)58-47(39)28-41(38)55/h1-28H. The molecule has 5 aromatic heterocycles. The fraction of sp³-hybridized carbons (Fsp3) is 0. The Morgan fingerprint density at radius 3 is 1.88 bits per heavy atom. The second-order valence-electron chi connectivity index (χ2n) is 14.8. The van der Waals surface area contributed by atoms with Gasteiger partial charge in [0.05, 0.1) is 11.0 Å². The summed E-state index contributed by atoms with van der Waals surface area (Å²) < 4.78 is 17.6. The van der Waals surface area contributed by atoms with Gasteiger partial charge in [0.15, 0.2) is 11.6 Å². The summed E-state index contributed by atoms with van der Waals surface area (Å²) in [6.07, 6.45) is 0. The predicted molar refractivity (Wildman–Crippen MR) is 238 cm³/mol. The number of hydrogen-bond acceptors (Lipinski definition) is 6. The number of benzene rings is 8. The summed E-state index contributed by atoms with van der Waals surface area (Å²) in [5, 5.41) is 9.06. The van der Waals surface area contributed by atoms with Crippen molar-refractivity contribution in [2.24, 2.45) is 0 Å². The third-order valence-corrected chi connectivity index (χ3v) is 12.6. The molecule has 0 amide bonds. The van der Waals surface area contributed by atoms with Crippen LogP contribution in [0.4, 0.5) is 0 Å². The maximum atomic E-state index is 6.56. The van der Waals surface area contributed by atoms with E-state index in [1.54, 1.807) is 0 Å². The summed E-state index contributed by atoms with van der Waals surface area (Å²) in [6.45, 7) is 0. The van der Waals surface area contributed by atoms with Crippen LogP contribution in [0, 0.1) is 0 Å². The van der Waals surface area contributed by atoms with Gasteiger partial charge in [-0.1, -0.05) is 109 Å². The van der Waals surface area contributed by atoms with E-state index in [9.17, 15) is 0 Å². The molecule has 0 saturated carbocycles. The van der Waals surface area contributed by atoms with Crippen LogP contribution in [0.2, 0.25) is 0 Å². The van der Waals surface area contributed by atoms with E-state index in [0.29, 0.717) is 17.6 Å². The third kappa shape index (κ3) is 4.62. The smallest absolute Gasteiger partial charge is 0.238 e. The van der Waals surface area contributed by atoms with E-state index in [1.807, 2.05) is 47.7 Å². The molecule has 7 heteroatoms. The Labute approximate surface area is 333 Å². The molecule has 0 radical (unpaired) electrons. The Morgan fingerprint density at radius 1 is 0.379 bits per heavy atom. The Balaban J connectivity index is 1.07. The first-order valence-electron chi connectivity index (χ1n) is 19.3. The lowest BCUT2D eigenvalue weighted by Crippen LogP contribution is -2.06. The normalized spacial score (nSPS) is 12.1. The van der Waals surface area contributed by atoms with E-state index in [1.165, 1.54) is 20.2 Å². The zero-order valence-corrected chi connectivity index (χ0v) is 31.5. The van der Waals surface area contributed by atoms with Gasteiger partial charge in [0.1, 0.15) is 22.3 Å². The van der Waals surface area contributed by atoms with Gasteiger partial charge in [0, 0.05) is 63.6 Å². The molecule has 270 valence electrons. The molecule has 13 rings (SSSR count). The van der Waals surface area contributed by atoms with E-state index in [2.05, 4.69) is 138 Å². The van der Waals surface area contributed by atoms with Crippen LogP contribution < -0.4 is 0 Å². The Bertz CT molecular complexity index is 3820. The zero-order chi connectivity index (χ0) is 37.9. The van der Waals surface area contributed by atoms with Crippen molar-refractivity contribution in [1.82, 2.24) is 19.5 Å². The lowest BCUT2D eigenvalue weighted by atomic mass is 9.99. The summed E-state index contributed by atoms with van der Waals surface area (Å²) in [4.78, 5) is 15.8. The van der Waals surface area contributed by atoms with Crippen LogP contribution in [-0.2, 0) is 0 Å². The molecule has 13 aromatic rings. The predicted octanol–water partition coefficient (Wildman–Crippen LogP) is 14.1. The highest BCUT2D eigenvalue weighted by atomic mass is 32.1. The second kappa shape index (κ2) is 11.9. The number of nitrogens with zero attached hydrogens (tertiary/aromatic N) is 4. The number of thiophene rings is 1. The van der Waals surface area contributed by atoms with E-state index in [-0.39, 0.29) is 0 Å². The molecule has 8 aromatic carbocycles. The summed E-state index contributed by atoms with van der Waals surface area (Å²) in [6, 6.07) is 59.1. The van der Waals surface area contributed by atoms with Gasteiger partial charge in [-0.25, -0.2) is 4.98 Å². The molecule has 5 heterocycles. The molecule has 0 bridgehead atoms. The quantitative estimate of drug-likeness (QED) is 0.179. The van der Waals surface area contributed by atoms with Gasteiger partial charge < -0.3 is 8.83 Å². The highest BCUT2D eigenvalue weighted by molar-refractivity contribution is 7.25. The minimum Gasteiger partial charge on any atom is -0.456 e. The first kappa shape index (κ1) is 31.6. The molecule has 0 unspecified atom stereocenters. The Morgan fingerprint density at radius 2 is 1.03 bits per heavy atom. The second-order valence-corrected chi connectivity index (χ2v) is 15.8. The van der Waals surface area contributed by atoms with Crippen LogP contribution in [0.15, 0.2) is 179 Å². The molecule has 0 aliphatic carbocycles. The maximum Gasteiger partial charge on any atom is 0.238 e. The first-order valence-corrected chi connectivity index (χ1v) is 20.1. The summed E-state index contributed by atoms with van der Waals surface area (Å²) in [5.74, 6) is 1.63. The number of furan rings is 2. The van der Waals surface area contributed by atoms with E-state index in [0.717, 1.165) is 87.9 Å². The Hall–Kier alpha value is -7.61. The molecule has 0 aliphatic rings. The molecular formula is C51H28N4O2S. The largest absolute Gasteiger partial charge is 0.456 e. The fourth-order valence-electron chi connectivity index (χ4n) is 8.81. The topological polar surface area (TPSA) is 69.9 Å². The van der Waals surface area contributed by atoms with Crippen molar-refractivity contribution >= 4 is 97.2 Å². The number of aromatic nitrogens is 4. The SMILES string of the molecule is c1ccc(-c2cccc3oc4cc(-c5nc(-c6ccc7c(c6)oc6ccccc67)nc(-n6c7ccccc7c7cc8c(cc76)sc6ccccc68)n5)ccc4c23)cc1. The van der Waals surface area contributed by atoms with Crippen LogP contribution in [0.1, 0.15) is 0 Å². The molecule has 0 aliphatic heterocycles. The van der Waals surface area contributed by atoms with Crippen molar-refractivity contribution in [3.05, 3.63) is 170 Å². The number of hydrogen-bond donors (Lipinski definition) is 0. The van der Waals surface area contributed by atoms with E-state index in [4.69, 9.17) is 23.8 Å². The first-order chi connectivity index (χ1) is 28.7. The summed E-state index contributed by atoms with van der Waals surface area (Å²) in [7, 11) is 0. The van der Waals surface area contributed by atoms with Gasteiger partial charge in [-0.2, -0.15) is 9.97 Å². The van der Waals surface area contributed by atoms with Crippen molar-refractivity contribution < 1.29 is 8.83 Å². The molecule has 0 saturated heterocycles. The van der Waals surface area contributed by atoms with Gasteiger partial charge >= 0.3 is 0 Å². The van der Waals surface area contributed by atoms with Crippen molar-refractivity contribution in [3.8, 4) is 39.9 Å². The average Bonchev–Trinajstić information content (AvgIpc) is 4.03. The highest BCUT2D eigenvalue weighted by Gasteiger charge is 2.21. The van der Waals surface area contributed by atoms with Crippen LogP contribution >= 0.6 is 11.3 Å². The van der Waals surface area contributed by atoms with Crippen molar-refractivity contribution in [2.75, 3.05) is 0 Å². The van der Waals surface area contributed by atoms with Crippen LogP contribution in [-0.4, -0.2) is 19.5 Å². The van der Waals surface area contributed by atoms with Gasteiger partial charge in [0.25, 0.3) is 0 Å².